The van der Waals surface area contributed by atoms with E-state index in [1.807, 2.05) is 38.2 Å². The molecule has 0 radical (unpaired) electrons. The minimum atomic E-state index is 0.0662. The second kappa shape index (κ2) is 6.73. The molecule has 3 nitrogen and oxygen atoms in total. The third kappa shape index (κ3) is 3.95. The Morgan fingerprint density at radius 3 is 2.85 bits per heavy atom. The number of aromatic nitrogens is 1. The van der Waals surface area contributed by atoms with E-state index in [4.69, 9.17) is 22.1 Å². The molecule has 0 aliphatic carbocycles. The van der Waals surface area contributed by atoms with Gasteiger partial charge in [0, 0.05) is 24.0 Å². The summed E-state index contributed by atoms with van der Waals surface area (Å²) in [5.41, 5.74) is 9.03. The summed E-state index contributed by atoms with van der Waals surface area (Å²) in [6, 6.07) is 7.86. The van der Waals surface area contributed by atoms with Gasteiger partial charge in [0.25, 0.3) is 0 Å². The van der Waals surface area contributed by atoms with Crippen LogP contribution in [0.1, 0.15) is 23.6 Å². The van der Waals surface area contributed by atoms with Gasteiger partial charge in [0.15, 0.2) is 0 Å². The summed E-state index contributed by atoms with van der Waals surface area (Å²) >= 11 is 6.23. The molecule has 2 aromatic rings. The van der Waals surface area contributed by atoms with Gasteiger partial charge < -0.3 is 10.5 Å². The molecule has 1 atom stereocenters. The highest BCUT2D eigenvalue weighted by atomic mass is 35.5. The molecule has 0 saturated carbocycles. The van der Waals surface area contributed by atoms with E-state index in [0.717, 1.165) is 23.1 Å². The number of hydrogen-bond acceptors (Lipinski definition) is 3. The maximum absolute atomic E-state index is 6.23. The van der Waals surface area contributed by atoms with E-state index in [1.165, 1.54) is 0 Å². The van der Waals surface area contributed by atoms with E-state index in [2.05, 4.69) is 11.1 Å². The summed E-state index contributed by atoms with van der Waals surface area (Å²) in [6.07, 6.45) is 4.36. The van der Waals surface area contributed by atoms with Gasteiger partial charge in [-0.3, -0.25) is 4.98 Å². The molecule has 0 aliphatic rings. The second-order valence-electron chi connectivity index (χ2n) is 5.07. The first-order valence-electron chi connectivity index (χ1n) is 6.62. The summed E-state index contributed by atoms with van der Waals surface area (Å²) in [6.45, 7) is 4.42. The van der Waals surface area contributed by atoms with Gasteiger partial charge in [-0.2, -0.15) is 0 Å². The van der Waals surface area contributed by atoms with E-state index in [1.54, 1.807) is 6.20 Å². The van der Waals surface area contributed by atoms with Crippen molar-refractivity contribution >= 4 is 11.6 Å². The van der Waals surface area contributed by atoms with Gasteiger partial charge in [-0.25, -0.2) is 0 Å². The summed E-state index contributed by atoms with van der Waals surface area (Å²) in [4.78, 5) is 4.16. The molecular formula is C16H19ClN2O. The quantitative estimate of drug-likeness (QED) is 0.916. The molecular weight excluding hydrogens is 272 g/mol. The van der Waals surface area contributed by atoms with E-state index in [9.17, 15) is 0 Å². The number of nitrogens with zero attached hydrogens (tertiary/aromatic N) is 1. The monoisotopic (exact) mass is 290 g/mol. The first-order chi connectivity index (χ1) is 9.56. The fraction of sp³-hybridized carbons (Fsp3) is 0.312. The van der Waals surface area contributed by atoms with Crippen molar-refractivity contribution in [3.63, 3.8) is 0 Å². The molecule has 0 saturated heterocycles. The van der Waals surface area contributed by atoms with Crippen LogP contribution in [0.2, 0.25) is 5.02 Å². The Kier molecular flexibility index (Phi) is 4.99. The van der Waals surface area contributed by atoms with E-state index < -0.39 is 0 Å². The molecule has 106 valence electrons. The molecule has 1 aromatic heterocycles. The summed E-state index contributed by atoms with van der Waals surface area (Å²) in [5, 5.41) is 0.615. The normalized spacial score (nSPS) is 12.2. The lowest BCUT2D eigenvalue weighted by Crippen LogP contribution is -2.18. The van der Waals surface area contributed by atoms with Crippen molar-refractivity contribution < 1.29 is 4.74 Å². The van der Waals surface area contributed by atoms with Crippen LogP contribution in [0.5, 0.6) is 5.75 Å². The number of benzene rings is 1. The Labute approximate surface area is 124 Å². The molecule has 0 spiro atoms. The number of aryl methyl sites for hydroxylation is 1. The second-order valence-corrected chi connectivity index (χ2v) is 5.48. The van der Waals surface area contributed by atoms with Crippen LogP contribution in [0.25, 0.3) is 0 Å². The largest absolute Gasteiger partial charge is 0.487 e. The van der Waals surface area contributed by atoms with Crippen LogP contribution >= 0.6 is 11.6 Å². The van der Waals surface area contributed by atoms with E-state index >= 15 is 0 Å². The van der Waals surface area contributed by atoms with Crippen molar-refractivity contribution in [3.8, 4) is 5.75 Å². The van der Waals surface area contributed by atoms with Crippen LogP contribution in [0, 0.1) is 6.92 Å². The Hall–Kier alpha value is -1.58. The summed E-state index contributed by atoms with van der Waals surface area (Å²) in [5.74, 6) is 0.716. The van der Waals surface area contributed by atoms with Crippen molar-refractivity contribution in [1.82, 2.24) is 4.98 Å². The Morgan fingerprint density at radius 1 is 1.35 bits per heavy atom. The van der Waals surface area contributed by atoms with Crippen LogP contribution in [-0.2, 0) is 13.0 Å². The average Bonchev–Trinajstić information content (AvgIpc) is 2.37. The van der Waals surface area contributed by atoms with Crippen molar-refractivity contribution in [3.05, 3.63) is 58.4 Å². The van der Waals surface area contributed by atoms with Gasteiger partial charge in [0.2, 0.25) is 0 Å². The molecule has 0 bridgehead atoms. The fourth-order valence-corrected chi connectivity index (χ4v) is 2.32. The lowest BCUT2D eigenvalue weighted by Gasteiger charge is -2.14. The van der Waals surface area contributed by atoms with Crippen LogP contribution in [-0.4, -0.2) is 11.0 Å². The van der Waals surface area contributed by atoms with Crippen molar-refractivity contribution in [2.24, 2.45) is 5.73 Å². The number of para-hydroxylation sites is 1. The zero-order valence-electron chi connectivity index (χ0n) is 11.8. The molecule has 1 heterocycles. The van der Waals surface area contributed by atoms with Gasteiger partial charge >= 0.3 is 0 Å². The summed E-state index contributed by atoms with van der Waals surface area (Å²) in [7, 11) is 0. The minimum absolute atomic E-state index is 0.0662. The first kappa shape index (κ1) is 14.8. The number of ether oxygens (including phenoxy) is 1. The van der Waals surface area contributed by atoms with Crippen LogP contribution in [0.15, 0.2) is 36.7 Å². The molecule has 2 N–H and O–H groups in total. The molecule has 2 rings (SSSR count). The molecule has 0 amide bonds. The van der Waals surface area contributed by atoms with Crippen LogP contribution in [0.4, 0.5) is 0 Å². The minimum Gasteiger partial charge on any atom is -0.487 e. The van der Waals surface area contributed by atoms with E-state index in [0.29, 0.717) is 17.4 Å². The van der Waals surface area contributed by atoms with Crippen molar-refractivity contribution in [1.29, 1.82) is 0 Å². The van der Waals surface area contributed by atoms with Crippen molar-refractivity contribution in [2.75, 3.05) is 0 Å². The van der Waals surface area contributed by atoms with Gasteiger partial charge in [-0.1, -0.05) is 23.7 Å². The topological polar surface area (TPSA) is 48.1 Å². The third-order valence-corrected chi connectivity index (χ3v) is 3.20. The Bertz CT molecular complexity index is 584. The van der Waals surface area contributed by atoms with Crippen LogP contribution < -0.4 is 10.5 Å². The third-order valence-electron chi connectivity index (χ3n) is 2.91. The Morgan fingerprint density at radius 2 is 2.15 bits per heavy atom. The van der Waals surface area contributed by atoms with Crippen molar-refractivity contribution in [2.45, 2.75) is 32.9 Å². The van der Waals surface area contributed by atoms with Gasteiger partial charge in [-0.05, 0) is 43.5 Å². The number of rotatable bonds is 5. The number of pyridine rings is 1. The number of halogens is 1. The molecule has 4 heteroatoms. The van der Waals surface area contributed by atoms with Gasteiger partial charge in [0.1, 0.15) is 12.4 Å². The smallest absolute Gasteiger partial charge is 0.141 e. The predicted molar refractivity (Wildman–Crippen MR) is 82.1 cm³/mol. The van der Waals surface area contributed by atoms with Gasteiger partial charge in [0.05, 0.1) is 5.02 Å². The highest BCUT2D eigenvalue weighted by molar-refractivity contribution is 6.32. The maximum atomic E-state index is 6.23. The zero-order chi connectivity index (χ0) is 14.5. The standard InChI is InChI=1S/C16H19ClN2O/c1-11-6-13(9-19-8-11)10-20-16-14(7-12(2)18)4-3-5-15(16)17/h3-6,8-9,12H,7,10,18H2,1-2H3. The Balaban J connectivity index is 2.16. The highest BCUT2D eigenvalue weighted by Gasteiger charge is 2.10. The zero-order valence-corrected chi connectivity index (χ0v) is 12.5. The first-order valence-corrected chi connectivity index (χ1v) is 7.00. The van der Waals surface area contributed by atoms with Gasteiger partial charge in [-0.15, -0.1) is 0 Å². The predicted octanol–water partition coefficient (Wildman–Crippen LogP) is 3.51. The van der Waals surface area contributed by atoms with Crippen LogP contribution in [0.3, 0.4) is 0 Å². The molecule has 0 aliphatic heterocycles. The lowest BCUT2D eigenvalue weighted by molar-refractivity contribution is 0.302. The number of hydrogen-bond donors (Lipinski definition) is 1. The lowest BCUT2D eigenvalue weighted by atomic mass is 10.1. The molecule has 1 aromatic carbocycles. The fourth-order valence-electron chi connectivity index (χ4n) is 2.07. The molecule has 1 unspecified atom stereocenters. The molecule has 20 heavy (non-hydrogen) atoms. The number of nitrogens with two attached hydrogens (primary N) is 1. The summed E-state index contributed by atoms with van der Waals surface area (Å²) < 4.78 is 5.88. The maximum Gasteiger partial charge on any atom is 0.141 e. The molecule has 0 fully saturated rings. The SMILES string of the molecule is Cc1cncc(COc2c(Cl)cccc2CC(C)N)c1. The van der Waals surface area contributed by atoms with E-state index in [-0.39, 0.29) is 6.04 Å². The highest BCUT2D eigenvalue weighted by Crippen LogP contribution is 2.30. The average molecular weight is 291 g/mol.